The van der Waals surface area contributed by atoms with E-state index in [1.54, 1.807) is 11.3 Å². The topological polar surface area (TPSA) is 50.2 Å². The largest absolute Gasteiger partial charge is 0.388 e. The van der Waals surface area contributed by atoms with Gasteiger partial charge in [-0.15, -0.1) is 11.3 Å². The first kappa shape index (κ1) is 17.9. The van der Waals surface area contributed by atoms with E-state index in [0.29, 0.717) is 17.3 Å². The fourth-order valence-electron chi connectivity index (χ4n) is 4.88. The third-order valence-corrected chi connectivity index (χ3v) is 7.63. The second-order valence-corrected chi connectivity index (χ2v) is 9.74. The number of hydrogen-bond donors (Lipinski definition) is 1. The molecule has 0 saturated heterocycles. The number of fused-ring (bicyclic) bond motifs is 3. The van der Waals surface area contributed by atoms with Crippen molar-refractivity contribution in [2.24, 2.45) is 11.3 Å². The summed E-state index contributed by atoms with van der Waals surface area (Å²) in [6.07, 6.45) is 1.24. The quantitative estimate of drug-likeness (QED) is 0.761. The Morgan fingerprint density at radius 1 is 1.38 bits per heavy atom. The van der Waals surface area contributed by atoms with Crippen molar-refractivity contribution in [3.63, 3.8) is 0 Å². The highest BCUT2D eigenvalue weighted by Gasteiger charge is 2.63. The Morgan fingerprint density at radius 3 is 2.81 bits per heavy atom. The molecule has 4 rings (SSSR count). The van der Waals surface area contributed by atoms with E-state index in [2.05, 4.69) is 25.8 Å². The number of nitrogens with zero attached hydrogens (tertiary/aromatic N) is 1. The molecule has 4 heteroatoms. The van der Waals surface area contributed by atoms with Gasteiger partial charge in [0.1, 0.15) is 0 Å². The van der Waals surface area contributed by atoms with Gasteiger partial charge in [-0.3, -0.25) is 9.78 Å². The number of thiophene rings is 1. The molecular formula is C22H27NO2S. The molecule has 1 N–H and O–H groups in total. The number of carbonyl (C=O) groups excluding carboxylic acids is 1. The predicted octanol–water partition coefficient (Wildman–Crippen LogP) is 4.92. The third-order valence-electron chi connectivity index (χ3n) is 6.43. The molecule has 0 aliphatic heterocycles. The molecule has 0 radical (unpaired) electrons. The summed E-state index contributed by atoms with van der Waals surface area (Å²) in [6, 6.07) is 3.81. The molecule has 0 spiro atoms. The van der Waals surface area contributed by atoms with Crippen molar-refractivity contribution in [2.75, 3.05) is 0 Å². The molecule has 2 aromatic rings. The van der Waals surface area contributed by atoms with Crippen LogP contribution in [-0.2, 0) is 12.8 Å². The lowest BCUT2D eigenvalue weighted by molar-refractivity contribution is 0.0883. The Balaban J connectivity index is 1.56. The number of ketones is 1. The zero-order chi connectivity index (χ0) is 18.8. The van der Waals surface area contributed by atoms with Crippen LogP contribution in [0, 0.1) is 25.2 Å². The number of aliphatic hydroxyl groups excluding tert-OH is 1. The highest BCUT2D eigenvalue weighted by molar-refractivity contribution is 7.14. The summed E-state index contributed by atoms with van der Waals surface area (Å²) in [4.78, 5) is 19.6. The molecule has 2 heterocycles. The van der Waals surface area contributed by atoms with E-state index in [1.807, 2.05) is 26.0 Å². The van der Waals surface area contributed by atoms with Gasteiger partial charge in [-0.1, -0.05) is 20.8 Å². The van der Waals surface area contributed by atoms with Gasteiger partial charge in [-0.05, 0) is 72.8 Å². The van der Waals surface area contributed by atoms with Gasteiger partial charge in [-0.25, -0.2) is 0 Å². The molecular weight excluding hydrogens is 342 g/mol. The molecule has 1 saturated carbocycles. The van der Waals surface area contributed by atoms with Gasteiger partial charge >= 0.3 is 0 Å². The Hall–Kier alpha value is -1.52. The van der Waals surface area contributed by atoms with E-state index in [4.69, 9.17) is 0 Å². The monoisotopic (exact) mass is 369 g/mol. The molecule has 138 valence electrons. The highest BCUT2D eigenvalue weighted by atomic mass is 32.1. The second-order valence-electron chi connectivity index (χ2n) is 8.52. The van der Waals surface area contributed by atoms with Crippen LogP contribution < -0.4 is 0 Å². The van der Waals surface area contributed by atoms with E-state index in [9.17, 15) is 9.90 Å². The van der Waals surface area contributed by atoms with Crippen LogP contribution in [0.25, 0.3) is 0 Å². The Kier molecular flexibility index (Phi) is 4.12. The molecule has 2 aliphatic rings. The summed E-state index contributed by atoms with van der Waals surface area (Å²) in [7, 11) is 0. The summed E-state index contributed by atoms with van der Waals surface area (Å²) in [6.45, 7) is 10.8. The minimum absolute atomic E-state index is 0.0819. The molecule has 2 aromatic heterocycles. The van der Waals surface area contributed by atoms with Crippen LogP contribution in [0.3, 0.4) is 0 Å². The van der Waals surface area contributed by atoms with Crippen LogP contribution in [0.5, 0.6) is 0 Å². The number of aryl methyl sites for hydroxylation is 3. The van der Waals surface area contributed by atoms with Gasteiger partial charge in [-0.2, -0.15) is 0 Å². The molecule has 1 fully saturated rings. The number of aromatic nitrogens is 1. The lowest BCUT2D eigenvalue weighted by atomic mass is 9.93. The van der Waals surface area contributed by atoms with Crippen molar-refractivity contribution in [3.8, 4) is 0 Å². The smallest absolute Gasteiger partial charge is 0.176 e. The molecule has 0 bridgehead atoms. The Morgan fingerprint density at radius 2 is 2.12 bits per heavy atom. The Labute approximate surface area is 159 Å². The maximum Gasteiger partial charge on any atom is 0.176 e. The summed E-state index contributed by atoms with van der Waals surface area (Å²) < 4.78 is 0. The van der Waals surface area contributed by atoms with E-state index < -0.39 is 6.10 Å². The van der Waals surface area contributed by atoms with Crippen LogP contribution in [-0.4, -0.2) is 15.9 Å². The Bertz CT molecular complexity index is 896. The van der Waals surface area contributed by atoms with Crippen molar-refractivity contribution in [1.29, 1.82) is 0 Å². The summed E-state index contributed by atoms with van der Waals surface area (Å²) in [5.41, 5.74) is 5.76. The van der Waals surface area contributed by atoms with Crippen LogP contribution in [0.2, 0.25) is 0 Å². The van der Waals surface area contributed by atoms with Crippen molar-refractivity contribution in [2.45, 2.75) is 65.9 Å². The first-order valence-electron chi connectivity index (χ1n) is 9.54. The van der Waals surface area contributed by atoms with Crippen molar-refractivity contribution < 1.29 is 9.90 Å². The average molecular weight is 370 g/mol. The summed E-state index contributed by atoms with van der Waals surface area (Å²) >= 11 is 1.63. The fourth-order valence-corrected chi connectivity index (χ4v) is 6.06. The van der Waals surface area contributed by atoms with Gasteiger partial charge in [0.2, 0.25) is 0 Å². The molecule has 3 atom stereocenters. The van der Waals surface area contributed by atoms with Crippen molar-refractivity contribution >= 4 is 17.1 Å². The van der Waals surface area contributed by atoms with Crippen LogP contribution in [0.15, 0.2) is 12.1 Å². The van der Waals surface area contributed by atoms with Gasteiger partial charge in [0.05, 0.1) is 11.0 Å². The van der Waals surface area contributed by atoms with E-state index in [-0.39, 0.29) is 12.2 Å². The maximum absolute atomic E-state index is 13.0. The molecule has 0 aromatic carbocycles. The number of rotatable bonds is 5. The maximum atomic E-state index is 13.0. The van der Waals surface area contributed by atoms with E-state index in [0.717, 1.165) is 34.7 Å². The minimum Gasteiger partial charge on any atom is -0.388 e. The number of aliphatic hydroxyl groups is 1. The standard InChI is InChI=1S/C22H27NO2S/c1-6-14-8-13(7-11(2)23-14)17(24)10-18(25)21-15-9-16-20(22(16,4)5)19(15)12(3)26-21/h7-8,16-17,20,24H,6,9-10H2,1-5H3/t16?,17-,20-/m1/s1. The van der Waals surface area contributed by atoms with Gasteiger partial charge < -0.3 is 5.11 Å². The predicted molar refractivity (Wildman–Crippen MR) is 105 cm³/mol. The number of Topliss-reactive ketones (excluding diaryl/α,β-unsaturated/α-hetero) is 1. The van der Waals surface area contributed by atoms with Crippen LogP contribution in [0.1, 0.15) is 81.8 Å². The second kappa shape index (κ2) is 6.00. The lowest BCUT2D eigenvalue weighted by Gasteiger charge is -2.13. The van der Waals surface area contributed by atoms with Gasteiger partial charge in [0.25, 0.3) is 0 Å². The van der Waals surface area contributed by atoms with Crippen LogP contribution >= 0.6 is 11.3 Å². The summed E-state index contributed by atoms with van der Waals surface area (Å²) in [5, 5.41) is 10.7. The molecule has 26 heavy (non-hydrogen) atoms. The lowest BCUT2D eigenvalue weighted by Crippen LogP contribution is -2.10. The van der Waals surface area contributed by atoms with Crippen molar-refractivity contribution in [3.05, 3.63) is 50.0 Å². The first-order chi connectivity index (χ1) is 12.2. The fraction of sp³-hybridized carbons (Fsp3) is 0.545. The number of carbonyl (C=O) groups is 1. The molecule has 1 unspecified atom stereocenters. The SMILES string of the molecule is CCc1cc([C@H](O)CC(=O)c2sc(C)c3c2CC2[C@H]3C2(C)C)cc(C)n1. The minimum atomic E-state index is -0.764. The normalized spacial score (nSPS) is 23.5. The highest BCUT2D eigenvalue weighted by Crippen LogP contribution is 2.71. The first-order valence-corrected chi connectivity index (χ1v) is 10.4. The van der Waals surface area contributed by atoms with Gasteiger partial charge in [0, 0.05) is 22.7 Å². The third kappa shape index (κ3) is 2.66. The molecule has 2 aliphatic carbocycles. The van der Waals surface area contributed by atoms with E-state index in [1.165, 1.54) is 16.0 Å². The van der Waals surface area contributed by atoms with Crippen molar-refractivity contribution in [1.82, 2.24) is 4.98 Å². The van der Waals surface area contributed by atoms with Crippen LogP contribution in [0.4, 0.5) is 0 Å². The van der Waals surface area contributed by atoms with Gasteiger partial charge in [0.15, 0.2) is 5.78 Å². The zero-order valence-corrected chi connectivity index (χ0v) is 17.0. The summed E-state index contributed by atoms with van der Waals surface area (Å²) in [5.74, 6) is 1.42. The zero-order valence-electron chi connectivity index (χ0n) is 16.2. The number of hydrogen-bond acceptors (Lipinski definition) is 4. The number of pyridine rings is 1. The molecule has 3 nitrogen and oxygen atoms in total. The average Bonchev–Trinajstić information content (AvgIpc) is 2.94. The van der Waals surface area contributed by atoms with E-state index >= 15 is 0 Å². The molecule has 0 amide bonds.